The fourth-order valence-electron chi connectivity index (χ4n) is 1.12. The first-order valence-corrected chi connectivity index (χ1v) is 5.82. The van der Waals surface area contributed by atoms with Gasteiger partial charge in [-0.2, -0.15) is 18.4 Å². The number of alkyl halides is 4. The maximum Gasteiger partial charge on any atom is 0.419 e. The third kappa shape index (κ3) is 3.92. The van der Waals surface area contributed by atoms with E-state index in [0.29, 0.717) is 6.07 Å². The summed E-state index contributed by atoms with van der Waals surface area (Å²) in [6.45, 7) is 3.09. The molecule has 0 radical (unpaired) electrons. The van der Waals surface area contributed by atoms with Gasteiger partial charge in [-0.25, -0.2) is 4.98 Å². The van der Waals surface area contributed by atoms with Gasteiger partial charge in [0.25, 0.3) is 0 Å². The lowest BCUT2D eigenvalue weighted by Crippen LogP contribution is -2.31. The second-order valence-electron chi connectivity index (χ2n) is 4.16. The van der Waals surface area contributed by atoms with Crippen LogP contribution in [-0.4, -0.2) is 15.2 Å². The summed E-state index contributed by atoms with van der Waals surface area (Å²) in [6.07, 6.45) is -3.70. The Morgan fingerprint density at radius 3 is 2.47 bits per heavy atom. The summed E-state index contributed by atoms with van der Waals surface area (Å²) < 4.78 is 37.1. The number of amides is 1. The fraction of sp³-hybridized carbons (Fsp3) is 0.364. The number of halogens is 4. The first-order valence-electron chi connectivity index (χ1n) is 5.03. The molecule has 1 N–H and O–H groups in total. The van der Waals surface area contributed by atoms with Crippen molar-refractivity contribution in [1.82, 2.24) is 4.98 Å². The van der Waals surface area contributed by atoms with Gasteiger partial charge in [0, 0.05) is 0 Å². The minimum absolute atomic E-state index is 0.121. The average Bonchev–Trinajstić information content (AvgIpc) is 2.26. The molecule has 0 atom stereocenters. The number of carbonyl (C=O) groups excluding carboxylic acids is 1. The van der Waals surface area contributed by atoms with Crippen molar-refractivity contribution < 1.29 is 18.0 Å². The number of pyridine rings is 1. The van der Waals surface area contributed by atoms with Crippen LogP contribution in [0.4, 0.5) is 18.9 Å². The molecule has 4 nitrogen and oxygen atoms in total. The Bertz CT molecular complexity index is 544. The monoisotopic (exact) mass is 335 g/mol. The molecule has 1 heterocycles. The number of carbonyl (C=O) groups is 1. The maximum absolute atomic E-state index is 12.7. The average molecular weight is 336 g/mol. The Morgan fingerprint density at radius 1 is 1.47 bits per heavy atom. The predicted octanol–water partition coefficient (Wildman–Crippen LogP) is 3.08. The van der Waals surface area contributed by atoms with E-state index in [1.54, 1.807) is 13.8 Å². The molecule has 0 fully saturated rings. The van der Waals surface area contributed by atoms with E-state index in [0.717, 1.165) is 6.20 Å². The maximum atomic E-state index is 12.7. The van der Waals surface area contributed by atoms with E-state index in [4.69, 9.17) is 5.26 Å². The number of rotatable bonds is 2. The van der Waals surface area contributed by atoms with Crippen LogP contribution in [0.3, 0.4) is 0 Å². The number of anilines is 1. The molecule has 1 rings (SSSR count). The fourth-order valence-corrected chi connectivity index (χ4v) is 1.22. The zero-order valence-electron chi connectivity index (χ0n) is 9.97. The number of nitriles is 1. The van der Waals surface area contributed by atoms with Crippen LogP contribution in [0.2, 0.25) is 0 Å². The van der Waals surface area contributed by atoms with E-state index in [1.165, 1.54) is 6.07 Å². The van der Waals surface area contributed by atoms with Crippen molar-refractivity contribution in [3.8, 4) is 6.07 Å². The molecule has 1 aromatic rings. The van der Waals surface area contributed by atoms with Crippen molar-refractivity contribution in [2.75, 3.05) is 5.32 Å². The van der Waals surface area contributed by atoms with Crippen LogP contribution in [0, 0.1) is 11.3 Å². The molecular weight excluding hydrogens is 327 g/mol. The van der Waals surface area contributed by atoms with Crippen LogP contribution >= 0.6 is 15.9 Å². The standard InChI is InChI=1S/C11H9BrF3N3O/c1-10(2,12)9(19)18-6-3-7(11(13,14)15)8(4-16)17-5-6/h3,5H,1-2H3,(H,18,19). The van der Waals surface area contributed by atoms with Gasteiger partial charge in [-0.3, -0.25) is 4.79 Å². The summed E-state index contributed by atoms with van der Waals surface area (Å²) >= 11 is 3.08. The van der Waals surface area contributed by atoms with E-state index in [9.17, 15) is 18.0 Å². The Balaban J connectivity index is 3.14. The third-order valence-corrected chi connectivity index (χ3v) is 2.46. The molecule has 0 aromatic carbocycles. The highest BCUT2D eigenvalue weighted by Crippen LogP contribution is 2.32. The SMILES string of the molecule is CC(C)(Br)C(=O)Nc1cnc(C#N)c(C(F)(F)F)c1. The lowest BCUT2D eigenvalue weighted by molar-refractivity contribution is -0.138. The van der Waals surface area contributed by atoms with E-state index in [-0.39, 0.29) is 5.69 Å². The molecule has 0 spiro atoms. The third-order valence-electron chi connectivity index (χ3n) is 2.10. The van der Waals surface area contributed by atoms with Crippen molar-refractivity contribution in [3.63, 3.8) is 0 Å². The van der Waals surface area contributed by atoms with Crippen molar-refractivity contribution in [1.29, 1.82) is 5.26 Å². The molecule has 0 saturated heterocycles. The molecule has 0 aliphatic heterocycles. The lowest BCUT2D eigenvalue weighted by Gasteiger charge is -2.16. The number of hydrogen-bond donors (Lipinski definition) is 1. The quantitative estimate of drug-likeness (QED) is 0.844. The Morgan fingerprint density at radius 2 is 2.05 bits per heavy atom. The van der Waals surface area contributed by atoms with Gasteiger partial charge < -0.3 is 5.32 Å². The van der Waals surface area contributed by atoms with Crippen LogP contribution in [0.15, 0.2) is 12.3 Å². The van der Waals surface area contributed by atoms with Gasteiger partial charge >= 0.3 is 6.18 Å². The first kappa shape index (κ1) is 15.4. The smallest absolute Gasteiger partial charge is 0.324 e. The highest BCUT2D eigenvalue weighted by Gasteiger charge is 2.35. The van der Waals surface area contributed by atoms with Crippen LogP contribution < -0.4 is 5.32 Å². The summed E-state index contributed by atoms with van der Waals surface area (Å²) in [4.78, 5) is 15.0. The molecule has 8 heteroatoms. The highest BCUT2D eigenvalue weighted by atomic mass is 79.9. The Labute approximate surface area is 115 Å². The number of aromatic nitrogens is 1. The summed E-state index contributed by atoms with van der Waals surface area (Å²) in [7, 11) is 0. The largest absolute Gasteiger partial charge is 0.419 e. The van der Waals surface area contributed by atoms with Crippen LogP contribution in [0.5, 0.6) is 0 Å². The first-order chi connectivity index (χ1) is 8.55. The van der Waals surface area contributed by atoms with E-state index >= 15 is 0 Å². The molecule has 0 saturated carbocycles. The second kappa shape index (κ2) is 5.17. The molecule has 0 bridgehead atoms. The molecule has 102 valence electrons. The van der Waals surface area contributed by atoms with Gasteiger partial charge in [0.05, 0.1) is 21.8 Å². The lowest BCUT2D eigenvalue weighted by atomic mass is 10.1. The predicted molar refractivity (Wildman–Crippen MR) is 65.6 cm³/mol. The van der Waals surface area contributed by atoms with E-state index in [2.05, 4.69) is 26.2 Å². The van der Waals surface area contributed by atoms with Crippen LogP contribution in [0.25, 0.3) is 0 Å². The van der Waals surface area contributed by atoms with Gasteiger partial charge in [-0.15, -0.1) is 0 Å². The molecular formula is C11H9BrF3N3O. The summed E-state index contributed by atoms with van der Waals surface area (Å²) in [5.41, 5.74) is -2.03. The van der Waals surface area contributed by atoms with Gasteiger partial charge in [0.1, 0.15) is 6.07 Å². The topological polar surface area (TPSA) is 65.8 Å². The normalized spacial score (nSPS) is 11.8. The summed E-state index contributed by atoms with van der Waals surface area (Å²) in [5, 5.41) is 10.9. The molecule has 1 amide bonds. The molecule has 0 aliphatic carbocycles. The molecule has 0 aliphatic rings. The Kier molecular flexibility index (Phi) is 4.20. The van der Waals surface area contributed by atoms with Crippen molar-refractivity contribution in [3.05, 3.63) is 23.5 Å². The number of hydrogen-bond acceptors (Lipinski definition) is 3. The second-order valence-corrected chi connectivity index (χ2v) is 6.14. The Hall–Kier alpha value is -1.62. The summed E-state index contributed by atoms with van der Waals surface area (Å²) in [6, 6.07) is 2.04. The highest BCUT2D eigenvalue weighted by molar-refractivity contribution is 9.10. The van der Waals surface area contributed by atoms with Crippen LogP contribution in [0.1, 0.15) is 25.1 Å². The minimum Gasteiger partial charge on any atom is -0.324 e. The molecule has 0 unspecified atom stereocenters. The molecule has 1 aromatic heterocycles. The van der Waals surface area contributed by atoms with Gasteiger partial charge in [0.15, 0.2) is 5.69 Å². The summed E-state index contributed by atoms with van der Waals surface area (Å²) in [5.74, 6) is -0.521. The molecule has 19 heavy (non-hydrogen) atoms. The zero-order valence-corrected chi connectivity index (χ0v) is 11.6. The van der Waals surface area contributed by atoms with Gasteiger partial charge in [0.2, 0.25) is 5.91 Å². The number of nitrogens with zero attached hydrogens (tertiary/aromatic N) is 2. The van der Waals surface area contributed by atoms with Gasteiger partial charge in [-0.1, -0.05) is 15.9 Å². The van der Waals surface area contributed by atoms with Crippen LogP contribution in [-0.2, 0) is 11.0 Å². The minimum atomic E-state index is -4.71. The van der Waals surface area contributed by atoms with E-state index < -0.39 is 27.7 Å². The van der Waals surface area contributed by atoms with Gasteiger partial charge in [-0.05, 0) is 19.9 Å². The van der Waals surface area contributed by atoms with E-state index in [1.807, 2.05) is 0 Å². The zero-order chi connectivity index (χ0) is 14.8. The van der Waals surface area contributed by atoms with Crippen molar-refractivity contribution >= 4 is 27.5 Å². The number of nitrogens with one attached hydrogen (secondary N) is 1. The van der Waals surface area contributed by atoms with Crippen molar-refractivity contribution in [2.45, 2.75) is 24.3 Å². The van der Waals surface area contributed by atoms with Crippen molar-refractivity contribution in [2.24, 2.45) is 0 Å².